The molecule has 0 aliphatic carbocycles. The predicted molar refractivity (Wildman–Crippen MR) is 73.7 cm³/mol. The summed E-state index contributed by atoms with van der Waals surface area (Å²) >= 11 is 1.85. The van der Waals surface area contributed by atoms with E-state index >= 15 is 0 Å². The Hall–Kier alpha value is -1.41. The molecule has 0 bridgehead atoms. The summed E-state index contributed by atoms with van der Waals surface area (Å²) in [5.41, 5.74) is 2.65. The van der Waals surface area contributed by atoms with Gasteiger partial charge in [0.05, 0.1) is 7.11 Å². The van der Waals surface area contributed by atoms with Gasteiger partial charge >= 0.3 is 0 Å². The second-order valence-electron chi connectivity index (χ2n) is 3.89. The average Bonchev–Trinajstić information content (AvgIpc) is 2.39. The average molecular weight is 244 g/mol. The molecule has 2 aromatic carbocycles. The lowest BCUT2D eigenvalue weighted by Gasteiger charge is -2.08. The van der Waals surface area contributed by atoms with Crippen LogP contribution >= 0.6 is 11.8 Å². The third-order valence-corrected chi connectivity index (χ3v) is 3.75. The minimum atomic E-state index is 0.930. The summed E-state index contributed by atoms with van der Waals surface area (Å²) in [5, 5.41) is 0. The second kappa shape index (κ2) is 5.78. The maximum Gasteiger partial charge on any atom is 0.119 e. The van der Waals surface area contributed by atoms with Crippen LogP contribution < -0.4 is 4.74 Å². The van der Waals surface area contributed by atoms with E-state index in [9.17, 15) is 0 Å². The molecular formula is C15H16OS. The zero-order valence-electron chi connectivity index (χ0n) is 10.1. The number of aryl methyl sites for hydroxylation is 1. The SMILES string of the molecule is COc1ccc(C)c(CSc2ccccc2)c1. The Balaban J connectivity index is 2.08. The molecule has 0 spiro atoms. The van der Waals surface area contributed by atoms with Crippen molar-refractivity contribution in [2.45, 2.75) is 17.6 Å². The Bertz CT molecular complexity index is 480. The van der Waals surface area contributed by atoms with Crippen molar-refractivity contribution < 1.29 is 4.74 Å². The lowest BCUT2D eigenvalue weighted by molar-refractivity contribution is 0.414. The summed E-state index contributed by atoms with van der Waals surface area (Å²) in [6.07, 6.45) is 0. The van der Waals surface area contributed by atoms with Crippen molar-refractivity contribution in [2.75, 3.05) is 7.11 Å². The zero-order chi connectivity index (χ0) is 12.1. The molecule has 2 aromatic rings. The third kappa shape index (κ3) is 3.27. The van der Waals surface area contributed by atoms with Gasteiger partial charge < -0.3 is 4.74 Å². The molecule has 1 nitrogen and oxygen atoms in total. The fraction of sp³-hybridized carbons (Fsp3) is 0.200. The van der Waals surface area contributed by atoms with Gasteiger partial charge in [-0.3, -0.25) is 0 Å². The molecule has 0 aliphatic heterocycles. The molecule has 0 saturated heterocycles. The van der Waals surface area contributed by atoms with Gasteiger partial charge in [0, 0.05) is 10.6 Å². The van der Waals surface area contributed by atoms with E-state index in [1.165, 1.54) is 16.0 Å². The summed E-state index contributed by atoms with van der Waals surface area (Å²) < 4.78 is 5.25. The summed E-state index contributed by atoms with van der Waals surface area (Å²) in [7, 11) is 1.71. The van der Waals surface area contributed by atoms with Crippen LogP contribution in [0.2, 0.25) is 0 Å². The van der Waals surface area contributed by atoms with Crippen LogP contribution in [0.1, 0.15) is 11.1 Å². The molecule has 0 unspecified atom stereocenters. The van der Waals surface area contributed by atoms with Crippen molar-refractivity contribution in [3.05, 3.63) is 59.7 Å². The third-order valence-electron chi connectivity index (χ3n) is 2.69. The molecule has 2 rings (SSSR count). The molecule has 2 heteroatoms. The van der Waals surface area contributed by atoms with E-state index in [4.69, 9.17) is 4.74 Å². The molecule has 0 fully saturated rings. The highest BCUT2D eigenvalue weighted by Crippen LogP contribution is 2.26. The zero-order valence-corrected chi connectivity index (χ0v) is 11.0. The maximum atomic E-state index is 5.25. The van der Waals surface area contributed by atoms with Crippen LogP contribution in [0.4, 0.5) is 0 Å². The molecule has 0 aromatic heterocycles. The summed E-state index contributed by atoms with van der Waals surface area (Å²) in [6, 6.07) is 16.7. The number of hydrogen-bond acceptors (Lipinski definition) is 2. The van der Waals surface area contributed by atoms with E-state index in [0.29, 0.717) is 0 Å². The number of benzene rings is 2. The highest BCUT2D eigenvalue weighted by molar-refractivity contribution is 7.98. The Morgan fingerprint density at radius 2 is 1.82 bits per heavy atom. The molecule has 0 saturated carbocycles. The predicted octanol–water partition coefficient (Wildman–Crippen LogP) is 4.30. The van der Waals surface area contributed by atoms with E-state index in [0.717, 1.165) is 11.5 Å². The van der Waals surface area contributed by atoms with Gasteiger partial charge in [-0.1, -0.05) is 24.3 Å². The van der Waals surface area contributed by atoms with Crippen LogP contribution in [0.25, 0.3) is 0 Å². The van der Waals surface area contributed by atoms with Gasteiger partial charge in [0.1, 0.15) is 5.75 Å². The summed E-state index contributed by atoms with van der Waals surface area (Å²) in [4.78, 5) is 1.30. The van der Waals surface area contributed by atoms with E-state index in [1.54, 1.807) is 7.11 Å². The normalized spacial score (nSPS) is 10.2. The van der Waals surface area contributed by atoms with Crippen LogP contribution in [-0.2, 0) is 5.75 Å². The van der Waals surface area contributed by atoms with Crippen molar-refractivity contribution in [1.29, 1.82) is 0 Å². The second-order valence-corrected chi connectivity index (χ2v) is 4.94. The van der Waals surface area contributed by atoms with Gasteiger partial charge in [-0.25, -0.2) is 0 Å². The minimum absolute atomic E-state index is 0.930. The quantitative estimate of drug-likeness (QED) is 0.742. The highest BCUT2D eigenvalue weighted by atomic mass is 32.2. The lowest BCUT2D eigenvalue weighted by Crippen LogP contribution is -1.89. The molecule has 0 atom stereocenters. The first kappa shape index (κ1) is 12.1. The van der Waals surface area contributed by atoms with Crippen molar-refractivity contribution >= 4 is 11.8 Å². The lowest BCUT2D eigenvalue weighted by atomic mass is 10.1. The molecule has 0 heterocycles. The number of ether oxygens (including phenoxy) is 1. The molecule has 0 aliphatic rings. The Morgan fingerprint density at radius 3 is 2.53 bits per heavy atom. The van der Waals surface area contributed by atoms with Gasteiger partial charge in [0.2, 0.25) is 0 Å². The van der Waals surface area contributed by atoms with Crippen LogP contribution in [-0.4, -0.2) is 7.11 Å². The van der Waals surface area contributed by atoms with Gasteiger partial charge in [0.25, 0.3) is 0 Å². The number of thioether (sulfide) groups is 1. The Morgan fingerprint density at radius 1 is 1.06 bits per heavy atom. The first-order valence-corrected chi connectivity index (χ1v) is 6.59. The fourth-order valence-electron chi connectivity index (χ4n) is 1.61. The van der Waals surface area contributed by atoms with Crippen LogP contribution in [0.3, 0.4) is 0 Å². The highest BCUT2D eigenvalue weighted by Gasteiger charge is 2.02. The van der Waals surface area contributed by atoms with Crippen LogP contribution in [0.15, 0.2) is 53.4 Å². The Kier molecular flexibility index (Phi) is 4.10. The van der Waals surface area contributed by atoms with E-state index in [2.05, 4.69) is 43.3 Å². The van der Waals surface area contributed by atoms with Crippen molar-refractivity contribution in [3.8, 4) is 5.75 Å². The minimum Gasteiger partial charge on any atom is -0.497 e. The topological polar surface area (TPSA) is 9.23 Å². The van der Waals surface area contributed by atoms with Gasteiger partial charge in [-0.2, -0.15) is 0 Å². The van der Waals surface area contributed by atoms with Crippen LogP contribution in [0, 0.1) is 6.92 Å². The van der Waals surface area contributed by atoms with Crippen LogP contribution in [0.5, 0.6) is 5.75 Å². The van der Waals surface area contributed by atoms with Crippen molar-refractivity contribution in [2.24, 2.45) is 0 Å². The Labute approximate surface area is 107 Å². The molecule has 0 N–H and O–H groups in total. The summed E-state index contributed by atoms with van der Waals surface area (Å²) in [6.45, 7) is 2.14. The van der Waals surface area contributed by atoms with Gasteiger partial charge in [-0.15, -0.1) is 11.8 Å². The molecular weight excluding hydrogens is 228 g/mol. The maximum absolute atomic E-state index is 5.25. The van der Waals surface area contributed by atoms with E-state index < -0.39 is 0 Å². The first-order chi connectivity index (χ1) is 8.29. The monoisotopic (exact) mass is 244 g/mol. The molecule has 88 valence electrons. The largest absolute Gasteiger partial charge is 0.497 e. The van der Waals surface area contributed by atoms with Gasteiger partial charge in [0.15, 0.2) is 0 Å². The van der Waals surface area contributed by atoms with Crippen molar-refractivity contribution in [3.63, 3.8) is 0 Å². The molecule has 17 heavy (non-hydrogen) atoms. The fourth-order valence-corrected chi connectivity index (χ4v) is 2.59. The van der Waals surface area contributed by atoms with Crippen molar-refractivity contribution in [1.82, 2.24) is 0 Å². The summed E-state index contributed by atoms with van der Waals surface area (Å²) in [5.74, 6) is 1.91. The van der Waals surface area contributed by atoms with Gasteiger partial charge in [-0.05, 0) is 42.3 Å². The smallest absolute Gasteiger partial charge is 0.119 e. The number of rotatable bonds is 4. The van der Waals surface area contributed by atoms with E-state index in [-0.39, 0.29) is 0 Å². The van der Waals surface area contributed by atoms with E-state index in [1.807, 2.05) is 23.9 Å². The number of methoxy groups -OCH3 is 1. The standard InChI is InChI=1S/C15H16OS/c1-12-8-9-14(16-2)10-13(12)11-17-15-6-4-3-5-7-15/h3-10H,11H2,1-2H3. The number of hydrogen-bond donors (Lipinski definition) is 0. The molecule has 0 amide bonds. The first-order valence-electron chi connectivity index (χ1n) is 5.61. The molecule has 0 radical (unpaired) electrons.